The Labute approximate surface area is 90.2 Å². The average molecular weight is 216 g/mol. The van der Waals surface area contributed by atoms with E-state index in [2.05, 4.69) is 10.6 Å². The van der Waals surface area contributed by atoms with Crippen LogP contribution in [0.2, 0.25) is 0 Å². The van der Waals surface area contributed by atoms with Gasteiger partial charge in [-0.2, -0.15) is 0 Å². The topological polar surface area (TPSA) is 78.4 Å². The molecule has 0 rings (SSSR count). The van der Waals surface area contributed by atoms with E-state index in [1.165, 1.54) is 13.8 Å². The minimum absolute atomic E-state index is 0.0552. The molecule has 0 bridgehead atoms. The molecule has 0 aliphatic heterocycles. The molecule has 5 heteroatoms. The second kappa shape index (κ2) is 5.58. The fraction of sp³-hybridized carbons (Fsp3) is 0.800. The average Bonchev–Trinajstić information content (AvgIpc) is 2.02. The molecule has 0 aliphatic carbocycles. The van der Waals surface area contributed by atoms with Crippen molar-refractivity contribution in [1.82, 2.24) is 10.6 Å². The van der Waals surface area contributed by atoms with Crippen molar-refractivity contribution in [3.63, 3.8) is 0 Å². The molecule has 0 aromatic rings. The summed E-state index contributed by atoms with van der Waals surface area (Å²) in [6.45, 7) is 6.80. The zero-order valence-corrected chi connectivity index (χ0v) is 9.76. The Hall–Kier alpha value is -1.26. The number of carbonyl (C=O) groups excluding carboxylic acids is 1. The first-order chi connectivity index (χ1) is 6.79. The summed E-state index contributed by atoms with van der Waals surface area (Å²) < 4.78 is 0. The molecular formula is C10H20N2O3. The number of rotatable bonds is 5. The van der Waals surface area contributed by atoms with Crippen molar-refractivity contribution in [2.75, 3.05) is 0 Å². The maximum absolute atomic E-state index is 11.4. The van der Waals surface area contributed by atoms with Crippen molar-refractivity contribution in [1.29, 1.82) is 0 Å². The van der Waals surface area contributed by atoms with E-state index in [0.717, 1.165) is 12.8 Å². The Balaban J connectivity index is 4.09. The highest BCUT2D eigenvalue weighted by atomic mass is 16.4. The highest BCUT2D eigenvalue weighted by molar-refractivity contribution is 5.85. The standard InChI is InChI=1S/C10H20N2O3/c1-5-6-7(2)11-9(15)12-10(3,4)8(13)14/h7H,5-6H2,1-4H3,(H,13,14)(H2,11,12,15). The molecule has 0 aromatic heterocycles. The van der Waals surface area contributed by atoms with Gasteiger partial charge in [0, 0.05) is 6.04 Å². The van der Waals surface area contributed by atoms with Gasteiger partial charge in [0.05, 0.1) is 0 Å². The molecule has 15 heavy (non-hydrogen) atoms. The number of carbonyl (C=O) groups is 2. The predicted octanol–water partition coefficient (Wildman–Crippen LogP) is 1.34. The molecule has 2 amide bonds. The molecule has 1 atom stereocenters. The minimum atomic E-state index is -1.24. The highest BCUT2D eigenvalue weighted by Gasteiger charge is 2.29. The van der Waals surface area contributed by atoms with E-state index >= 15 is 0 Å². The maximum atomic E-state index is 11.4. The third kappa shape index (κ3) is 5.24. The van der Waals surface area contributed by atoms with Crippen molar-refractivity contribution in [2.45, 2.75) is 52.1 Å². The van der Waals surface area contributed by atoms with Gasteiger partial charge in [0.25, 0.3) is 0 Å². The van der Waals surface area contributed by atoms with Crippen LogP contribution < -0.4 is 10.6 Å². The van der Waals surface area contributed by atoms with Crippen LogP contribution in [0.25, 0.3) is 0 Å². The summed E-state index contributed by atoms with van der Waals surface area (Å²) >= 11 is 0. The van der Waals surface area contributed by atoms with Gasteiger partial charge >= 0.3 is 12.0 Å². The van der Waals surface area contributed by atoms with Gasteiger partial charge in [0.15, 0.2) is 0 Å². The van der Waals surface area contributed by atoms with Gasteiger partial charge in [-0.05, 0) is 27.2 Å². The number of carboxylic acid groups (broad SMARTS) is 1. The van der Waals surface area contributed by atoms with Crippen LogP contribution in [0.4, 0.5) is 4.79 Å². The van der Waals surface area contributed by atoms with Crippen LogP contribution in [0, 0.1) is 0 Å². The summed E-state index contributed by atoms with van der Waals surface area (Å²) in [4.78, 5) is 22.1. The fourth-order valence-electron chi connectivity index (χ4n) is 1.10. The normalized spacial score (nSPS) is 13.1. The Morgan fingerprint density at radius 3 is 2.33 bits per heavy atom. The molecule has 0 fully saturated rings. The molecule has 1 unspecified atom stereocenters. The maximum Gasteiger partial charge on any atom is 0.328 e. The first-order valence-corrected chi connectivity index (χ1v) is 5.11. The first-order valence-electron chi connectivity index (χ1n) is 5.11. The molecular weight excluding hydrogens is 196 g/mol. The van der Waals surface area contributed by atoms with E-state index < -0.39 is 17.5 Å². The molecule has 5 nitrogen and oxygen atoms in total. The van der Waals surface area contributed by atoms with E-state index in [9.17, 15) is 9.59 Å². The largest absolute Gasteiger partial charge is 0.480 e. The molecule has 0 aromatic carbocycles. The second-order valence-corrected chi connectivity index (χ2v) is 4.22. The summed E-state index contributed by atoms with van der Waals surface area (Å²) in [5.74, 6) is -1.05. The van der Waals surface area contributed by atoms with Gasteiger partial charge < -0.3 is 15.7 Å². The van der Waals surface area contributed by atoms with Crippen molar-refractivity contribution < 1.29 is 14.7 Å². The smallest absolute Gasteiger partial charge is 0.328 e. The molecule has 3 N–H and O–H groups in total. The number of amides is 2. The summed E-state index contributed by atoms with van der Waals surface area (Å²) in [5, 5.41) is 13.9. The van der Waals surface area contributed by atoms with Gasteiger partial charge in [-0.25, -0.2) is 9.59 Å². The van der Waals surface area contributed by atoms with Crippen molar-refractivity contribution in [3.8, 4) is 0 Å². The van der Waals surface area contributed by atoms with Crippen LogP contribution in [-0.4, -0.2) is 28.7 Å². The van der Waals surface area contributed by atoms with Gasteiger partial charge in [-0.15, -0.1) is 0 Å². The predicted molar refractivity (Wildman–Crippen MR) is 57.8 cm³/mol. The first kappa shape index (κ1) is 13.7. The summed E-state index contributed by atoms with van der Waals surface area (Å²) in [5.41, 5.74) is -1.24. The SMILES string of the molecule is CCCC(C)NC(=O)NC(C)(C)C(=O)O. The number of urea groups is 1. The van der Waals surface area contributed by atoms with Gasteiger partial charge in [-0.1, -0.05) is 13.3 Å². The van der Waals surface area contributed by atoms with Gasteiger partial charge in [-0.3, -0.25) is 0 Å². The Morgan fingerprint density at radius 1 is 1.40 bits per heavy atom. The van der Waals surface area contributed by atoms with Gasteiger partial charge in [0.1, 0.15) is 5.54 Å². The lowest BCUT2D eigenvalue weighted by Crippen LogP contribution is -2.54. The van der Waals surface area contributed by atoms with E-state index in [1.807, 2.05) is 13.8 Å². The lowest BCUT2D eigenvalue weighted by molar-refractivity contribution is -0.142. The summed E-state index contributed by atoms with van der Waals surface area (Å²) in [6.07, 6.45) is 1.85. The number of aliphatic carboxylic acids is 1. The van der Waals surface area contributed by atoms with Gasteiger partial charge in [0.2, 0.25) is 0 Å². The number of nitrogens with one attached hydrogen (secondary N) is 2. The molecule has 0 heterocycles. The van der Waals surface area contributed by atoms with E-state index in [4.69, 9.17) is 5.11 Å². The lowest BCUT2D eigenvalue weighted by atomic mass is 10.1. The van der Waals surface area contributed by atoms with Crippen molar-refractivity contribution in [3.05, 3.63) is 0 Å². The Bertz CT molecular complexity index is 239. The van der Waals surface area contributed by atoms with Crippen LogP contribution in [0.3, 0.4) is 0 Å². The summed E-state index contributed by atoms with van der Waals surface area (Å²) in [6, 6.07) is -0.386. The zero-order valence-electron chi connectivity index (χ0n) is 9.76. The quantitative estimate of drug-likeness (QED) is 0.649. The molecule has 0 spiro atoms. The second-order valence-electron chi connectivity index (χ2n) is 4.22. The molecule has 0 radical (unpaired) electrons. The third-order valence-corrected chi connectivity index (χ3v) is 2.06. The Kier molecular flexibility index (Phi) is 5.11. The van der Waals surface area contributed by atoms with Crippen LogP contribution in [0.1, 0.15) is 40.5 Å². The monoisotopic (exact) mass is 216 g/mol. The molecule has 0 saturated carbocycles. The molecule has 0 saturated heterocycles. The summed E-state index contributed by atoms with van der Waals surface area (Å²) in [7, 11) is 0. The number of hydrogen-bond acceptors (Lipinski definition) is 2. The van der Waals surface area contributed by atoms with Crippen LogP contribution in [0.5, 0.6) is 0 Å². The van der Waals surface area contributed by atoms with E-state index in [-0.39, 0.29) is 6.04 Å². The van der Waals surface area contributed by atoms with Crippen LogP contribution in [-0.2, 0) is 4.79 Å². The number of hydrogen-bond donors (Lipinski definition) is 3. The van der Waals surface area contributed by atoms with Crippen molar-refractivity contribution in [2.24, 2.45) is 0 Å². The number of carboxylic acids is 1. The third-order valence-electron chi connectivity index (χ3n) is 2.06. The zero-order chi connectivity index (χ0) is 12.1. The molecule has 0 aliphatic rings. The minimum Gasteiger partial charge on any atom is -0.480 e. The lowest BCUT2D eigenvalue weighted by Gasteiger charge is -2.22. The Morgan fingerprint density at radius 2 is 1.93 bits per heavy atom. The van der Waals surface area contributed by atoms with E-state index in [1.54, 1.807) is 0 Å². The van der Waals surface area contributed by atoms with E-state index in [0.29, 0.717) is 0 Å². The molecule has 88 valence electrons. The van der Waals surface area contributed by atoms with Crippen LogP contribution in [0.15, 0.2) is 0 Å². The van der Waals surface area contributed by atoms with Crippen molar-refractivity contribution >= 4 is 12.0 Å². The van der Waals surface area contributed by atoms with Crippen LogP contribution >= 0.6 is 0 Å². The highest BCUT2D eigenvalue weighted by Crippen LogP contribution is 2.02. The fourth-order valence-corrected chi connectivity index (χ4v) is 1.10.